The molecule has 0 amide bonds. The summed E-state index contributed by atoms with van der Waals surface area (Å²) < 4.78 is 32.5. The Balaban J connectivity index is 4.32. The van der Waals surface area contributed by atoms with Gasteiger partial charge in [0.15, 0.2) is 6.10 Å². The van der Waals surface area contributed by atoms with Gasteiger partial charge in [0, 0.05) is 19.4 Å². The maximum Gasteiger partial charge on any atom is 0.472 e. The number of hydrogen-bond acceptors (Lipinski definition) is 8. The van der Waals surface area contributed by atoms with Crippen molar-refractivity contribution in [1.29, 1.82) is 0 Å². The number of allylic oxidation sites excluding steroid dienone is 4. The Hall–Kier alpha value is -1.51. The zero-order valence-corrected chi connectivity index (χ0v) is 28.1. The molecule has 0 aromatic heterocycles. The highest BCUT2D eigenvalue weighted by Gasteiger charge is 2.25. The molecule has 0 saturated heterocycles. The van der Waals surface area contributed by atoms with E-state index in [2.05, 4.69) is 38.2 Å². The predicted octanol–water partition coefficient (Wildman–Crippen LogP) is 8.49. The molecule has 0 aliphatic rings. The number of carbonyl (C=O) groups is 2. The molecule has 1 unspecified atom stereocenters. The molecule has 0 aliphatic heterocycles. The van der Waals surface area contributed by atoms with Crippen LogP contribution in [-0.2, 0) is 32.7 Å². The molecule has 0 aromatic rings. The highest BCUT2D eigenvalue weighted by molar-refractivity contribution is 7.47. The molecule has 0 saturated carbocycles. The van der Waals surface area contributed by atoms with E-state index in [0.29, 0.717) is 6.42 Å². The number of esters is 2. The Kier molecular flexibility index (Phi) is 29.4. The summed E-state index contributed by atoms with van der Waals surface area (Å²) in [5.74, 6) is -0.856. The molecule has 9 nitrogen and oxygen atoms in total. The molecule has 0 rings (SSSR count). The van der Waals surface area contributed by atoms with Crippen molar-refractivity contribution in [3.63, 3.8) is 0 Å². The molecule has 0 fully saturated rings. The first-order valence-corrected chi connectivity index (χ1v) is 18.3. The lowest BCUT2D eigenvalue weighted by molar-refractivity contribution is -0.161. The summed E-state index contributed by atoms with van der Waals surface area (Å²) in [6, 6.07) is 0. The summed E-state index contributed by atoms with van der Waals surface area (Å²) in [5, 5.41) is 0. The quantitative estimate of drug-likeness (QED) is 0.0334. The zero-order valence-electron chi connectivity index (χ0n) is 27.2. The van der Waals surface area contributed by atoms with Crippen molar-refractivity contribution in [1.82, 2.24) is 0 Å². The SMILES string of the molecule is CCCC/C=C\CCCCCCCC(=O)OC[C@H](COP(=O)(O)OCCN)OC(=O)CCCCCCC/C=C\CCCC. The van der Waals surface area contributed by atoms with Crippen LogP contribution >= 0.6 is 7.82 Å². The van der Waals surface area contributed by atoms with Crippen LogP contribution in [0.5, 0.6) is 0 Å². The van der Waals surface area contributed by atoms with Gasteiger partial charge in [-0.15, -0.1) is 0 Å². The fourth-order valence-corrected chi connectivity index (χ4v) is 5.01. The third kappa shape index (κ3) is 30.3. The first-order valence-electron chi connectivity index (χ1n) is 16.8. The zero-order chi connectivity index (χ0) is 31.9. The molecule has 0 heterocycles. The first kappa shape index (κ1) is 41.5. The van der Waals surface area contributed by atoms with E-state index in [1.54, 1.807) is 0 Å². The molecule has 0 radical (unpaired) electrons. The summed E-state index contributed by atoms with van der Waals surface area (Å²) in [7, 11) is -4.36. The van der Waals surface area contributed by atoms with Crippen molar-refractivity contribution in [2.75, 3.05) is 26.4 Å². The number of nitrogens with two attached hydrogens (primary N) is 1. The minimum absolute atomic E-state index is 0.0513. The summed E-state index contributed by atoms with van der Waals surface area (Å²) in [6.45, 7) is 3.60. The lowest BCUT2D eigenvalue weighted by Crippen LogP contribution is -2.29. The van der Waals surface area contributed by atoms with Gasteiger partial charge in [-0.1, -0.05) is 102 Å². The van der Waals surface area contributed by atoms with Crippen LogP contribution in [0.1, 0.15) is 142 Å². The molecule has 2 atom stereocenters. The van der Waals surface area contributed by atoms with Crippen LogP contribution in [-0.4, -0.2) is 49.3 Å². The van der Waals surface area contributed by atoms with Gasteiger partial charge in [0.1, 0.15) is 6.61 Å². The van der Waals surface area contributed by atoms with E-state index in [9.17, 15) is 19.0 Å². The average Bonchev–Trinajstić information content (AvgIpc) is 2.99. The van der Waals surface area contributed by atoms with E-state index in [1.165, 1.54) is 25.7 Å². The number of carbonyl (C=O) groups excluding carboxylic acids is 2. The monoisotopic (exact) mass is 631 g/mol. The Morgan fingerprint density at radius 1 is 0.674 bits per heavy atom. The molecular formula is C33H62NO8P. The second-order valence-corrected chi connectivity index (χ2v) is 12.5. The second kappa shape index (κ2) is 30.5. The van der Waals surface area contributed by atoms with Crippen LogP contribution in [0.25, 0.3) is 0 Å². The van der Waals surface area contributed by atoms with Crippen molar-refractivity contribution in [3.8, 4) is 0 Å². The lowest BCUT2D eigenvalue weighted by Gasteiger charge is -2.19. The van der Waals surface area contributed by atoms with Crippen LogP contribution in [0.4, 0.5) is 0 Å². The van der Waals surface area contributed by atoms with Gasteiger partial charge < -0.3 is 20.1 Å². The highest BCUT2D eigenvalue weighted by atomic mass is 31.2. The predicted molar refractivity (Wildman–Crippen MR) is 174 cm³/mol. The normalized spacial score (nSPS) is 13.9. The summed E-state index contributed by atoms with van der Waals surface area (Å²) >= 11 is 0. The number of phosphoric ester groups is 1. The molecule has 10 heteroatoms. The van der Waals surface area contributed by atoms with E-state index >= 15 is 0 Å². The van der Waals surface area contributed by atoms with Gasteiger partial charge in [-0.25, -0.2) is 4.57 Å². The molecule has 0 aromatic carbocycles. The average molecular weight is 632 g/mol. The third-order valence-electron chi connectivity index (χ3n) is 6.81. The maximum atomic E-state index is 12.4. The maximum absolute atomic E-state index is 12.4. The van der Waals surface area contributed by atoms with Crippen molar-refractivity contribution in [2.45, 2.75) is 148 Å². The fourth-order valence-electron chi connectivity index (χ4n) is 4.24. The van der Waals surface area contributed by atoms with Gasteiger partial charge in [-0.05, 0) is 51.4 Å². The Morgan fingerprint density at radius 2 is 1.14 bits per heavy atom. The molecule has 3 N–H and O–H groups in total. The Morgan fingerprint density at radius 3 is 1.65 bits per heavy atom. The van der Waals surface area contributed by atoms with Crippen LogP contribution in [0.3, 0.4) is 0 Å². The molecule has 0 bridgehead atoms. The third-order valence-corrected chi connectivity index (χ3v) is 7.79. The van der Waals surface area contributed by atoms with Crippen molar-refractivity contribution >= 4 is 19.8 Å². The molecule has 252 valence electrons. The van der Waals surface area contributed by atoms with Gasteiger partial charge in [-0.3, -0.25) is 18.6 Å². The molecular weight excluding hydrogens is 569 g/mol. The van der Waals surface area contributed by atoms with Gasteiger partial charge in [0.05, 0.1) is 13.2 Å². The summed E-state index contributed by atoms with van der Waals surface area (Å²) in [6.07, 6.45) is 27.8. The smallest absolute Gasteiger partial charge is 0.462 e. The largest absolute Gasteiger partial charge is 0.472 e. The van der Waals surface area contributed by atoms with Crippen molar-refractivity contribution < 1.29 is 37.6 Å². The Bertz CT molecular complexity index is 774. The van der Waals surface area contributed by atoms with Crippen LogP contribution in [0, 0.1) is 0 Å². The first-order chi connectivity index (χ1) is 20.8. The van der Waals surface area contributed by atoms with E-state index < -0.39 is 32.5 Å². The van der Waals surface area contributed by atoms with Crippen LogP contribution in [0.2, 0.25) is 0 Å². The molecule has 0 aliphatic carbocycles. The van der Waals surface area contributed by atoms with E-state index in [1.807, 2.05) is 0 Å². The number of phosphoric acid groups is 1. The standard InChI is InChI=1S/C33H62NO8P/c1-3-5-7-9-11-13-15-17-19-21-23-25-32(35)39-29-31(30-41-43(37,38)40-28-27-34)42-33(36)26-24-22-20-18-16-14-12-10-8-6-4-2/h9-12,31H,3-8,13-30,34H2,1-2H3,(H,37,38)/b11-9-,12-10-/t31-/m1/s1. The van der Waals surface area contributed by atoms with Gasteiger partial charge in [0.2, 0.25) is 0 Å². The molecule has 43 heavy (non-hydrogen) atoms. The minimum atomic E-state index is -4.36. The van der Waals surface area contributed by atoms with E-state index in [0.717, 1.165) is 83.5 Å². The topological polar surface area (TPSA) is 134 Å². The summed E-state index contributed by atoms with van der Waals surface area (Å²) in [4.78, 5) is 34.5. The number of ether oxygens (including phenoxy) is 2. The fraction of sp³-hybridized carbons (Fsp3) is 0.818. The van der Waals surface area contributed by atoms with Crippen LogP contribution < -0.4 is 5.73 Å². The highest BCUT2D eigenvalue weighted by Crippen LogP contribution is 2.43. The number of unbranched alkanes of at least 4 members (excludes halogenated alkanes) is 14. The van der Waals surface area contributed by atoms with E-state index in [-0.39, 0.29) is 32.6 Å². The van der Waals surface area contributed by atoms with E-state index in [4.69, 9.17) is 24.3 Å². The second-order valence-electron chi connectivity index (χ2n) is 11.0. The van der Waals surface area contributed by atoms with Gasteiger partial charge >= 0.3 is 19.8 Å². The number of hydrogen-bond donors (Lipinski definition) is 2. The van der Waals surface area contributed by atoms with Crippen LogP contribution in [0.15, 0.2) is 24.3 Å². The lowest BCUT2D eigenvalue weighted by atomic mass is 10.1. The van der Waals surface area contributed by atoms with Crippen molar-refractivity contribution in [3.05, 3.63) is 24.3 Å². The minimum Gasteiger partial charge on any atom is -0.462 e. The van der Waals surface area contributed by atoms with Crippen molar-refractivity contribution in [2.24, 2.45) is 5.73 Å². The molecule has 0 spiro atoms. The number of rotatable bonds is 31. The summed E-state index contributed by atoms with van der Waals surface area (Å²) in [5.41, 5.74) is 5.31. The van der Waals surface area contributed by atoms with Gasteiger partial charge in [-0.2, -0.15) is 0 Å². The Labute approximate surface area is 261 Å². The van der Waals surface area contributed by atoms with Gasteiger partial charge in [0.25, 0.3) is 0 Å².